The number of urea groups is 1. The van der Waals surface area contributed by atoms with Crippen LogP contribution in [-0.4, -0.2) is 31.6 Å². The molecular weight excluding hydrogens is 419 g/mol. The minimum Gasteiger partial charge on any atom is -0.493 e. The molecule has 150 valence electrons. The minimum absolute atomic E-state index is 0.244. The van der Waals surface area contributed by atoms with Crippen LogP contribution in [-0.2, 0) is 9.59 Å². The third-order valence-electron chi connectivity index (χ3n) is 4.07. The van der Waals surface area contributed by atoms with E-state index in [0.29, 0.717) is 28.7 Å². The van der Waals surface area contributed by atoms with Crippen LogP contribution in [0, 0.1) is 0 Å². The lowest BCUT2D eigenvalue weighted by Gasteiger charge is -2.26. The van der Waals surface area contributed by atoms with Gasteiger partial charge in [0.1, 0.15) is 5.57 Å². The number of nitrogens with one attached hydrogen (secondary N) is 1. The summed E-state index contributed by atoms with van der Waals surface area (Å²) < 4.78 is 10.7. The number of carbonyl (C=O) groups excluding carboxylic acids is 3. The van der Waals surface area contributed by atoms with Gasteiger partial charge < -0.3 is 9.47 Å². The molecule has 7 nitrogen and oxygen atoms in total. The van der Waals surface area contributed by atoms with Crippen molar-refractivity contribution in [3.8, 4) is 11.5 Å². The predicted molar refractivity (Wildman–Crippen MR) is 110 cm³/mol. The van der Waals surface area contributed by atoms with E-state index in [2.05, 4.69) is 5.32 Å². The van der Waals surface area contributed by atoms with Crippen LogP contribution in [0.15, 0.2) is 42.0 Å². The Bertz CT molecular complexity index is 1020. The average Bonchev–Trinajstić information content (AvgIpc) is 2.68. The van der Waals surface area contributed by atoms with Gasteiger partial charge in [-0.1, -0.05) is 23.2 Å². The predicted octanol–water partition coefficient (Wildman–Crippen LogP) is 4.07. The van der Waals surface area contributed by atoms with Gasteiger partial charge in [-0.3, -0.25) is 14.9 Å². The Morgan fingerprint density at radius 3 is 2.38 bits per heavy atom. The van der Waals surface area contributed by atoms with Crippen LogP contribution in [0.25, 0.3) is 6.08 Å². The fourth-order valence-electron chi connectivity index (χ4n) is 2.73. The summed E-state index contributed by atoms with van der Waals surface area (Å²) in [5, 5.41) is 2.84. The first-order valence-corrected chi connectivity index (χ1v) is 9.28. The number of anilines is 1. The molecule has 0 bridgehead atoms. The smallest absolute Gasteiger partial charge is 0.335 e. The first-order chi connectivity index (χ1) is 13.8. The third kappa shape index (κ3) is 4.21. The SMILES string of the molecule is CCOc1cc(/C=C2\C(=O)NC(=O)N(c3ccc(Cl)cc3)C2=O)c(Cl)cc1OC. The van der Waals surface area contributed by atoms with Crippen molar-refractivity contribution in [1.82, 2.24) is 5.32 Å². The summed E-state index contributed by atoms with van der Waals surface area (Å²) in [5.41, 5.74) is 0.375. The Kier molecular flexibility index (Phi) is 6.10. The van der Waals surface area contributed by atoms with Gasteiger partial charge in [0.15, 0.2) is 11.5 Å². The monoisotopic (exact) mass is 434 g/mol. The van der Waals surface area contributed by atoms with Gasteiger partial charge in [-0.2, -0.15) is 0 Å². The van der Waals surface area contributed by atoms with Gasteiger partial charge >= 0.3 is 6.03 Å². The highest BCUT2D eigenvalue weighted by Gasteiger charge is 2.37. The Balaban J connectivity index is 2.05. The van der Waals surface area contributed by atoms with Crippen molar-refractivity contribution < 1.29 is 23.9 Å². The normalized spacial score (nSPS) is 15.5. The topological polar surface area (TPSA) is 84.9 Å². The minimum atomic E-state index is -0.852. The van der Waals surface area contributed by atoms with Crippen molar-refractivity contribution in [3.63, 3.8) is 0 Å². The van der Waals surface area contributed by atoms with E-state index in [9.17, 15) is 14.4 Å². The molecule has 0 radical (unpaired) electrons. The molecule has 0 spiro atoms. The lowest BCUT2D eigenvalue weighted by atomic mass is 10.1. The summed E-state index contributed by atoms with van der Waals surface area (Å²) in [6.07, 6.45) is 1.30. The molecule has 1 aliphatic rings. The average molecular weight is 435 g/mol. The fraction of sp³-hybridized carbons (Fsp3) is 0.150. The molecule has 0 unspecified atom stereocenters. The molecular formula is C20H16Cl2N2O5. The number of ether oxygens (including phenoxy) is 2. The van der Waals surface area contributed by atoms with E-state index in [1.165, 1.54) is 43.5 Å². The number of nitrogens with zero attached hydrogens (tertiary/aromatic N) is 1. The van der Waals surface area contributed by atoms with Crippen LogP contribution in [0.2, 0.25) is 10.0 Å². The van der Waals surface area contributed by atoms with Gasteiger partial charge in [-0.15, -0.1) is 0 Å². The number of rotatable bonds is 5. The lowest BCUT2D eigenvalue weighted by molar-refractivity contribution is -0.122. The van der Waals surface area contributed by atoms with Crippen molar-refractivity contribution in [2.45, 2.75) is 6.92 Å². The van der Waals surface area contributed by atoms with Crippen molar-refractivity contribution in [2.75, 3.05) is 18.6 Å². The Labute approximate surface area is 176 Å². The number of halogens is 2. The van der Waals surface area contributed by atoms with Crippen LogP contribution in [0.1, 0.15) is 12.5 Å². The molecule has 0 atom stereocenters. The zero-order valence-corrected chi connectivity index (χ0v) is 17.0. The quantitative estimate of drug-likeness (QED) is 0.566. The van der Waals surface area contributed by atoms with Crippen molar-refractivity contribution >= 4 is 52.8 Å². The Morgan fingerprint density at radius 2 is 1.76 bits per heavy atom. The Hall–Kier alpha value is -3.03. The van der Waals surface area contributed by atoms with Crippen LogP contribution in [0.3, 0.4) is 0 Å². The maximum Gasteiger partial charge on any atom is 0.335 e. The van der Waals surface area contributed by atoms with Gasteiger partial charge in [0.2, 0.25) is 0 Å². The van der Waals surface area contributed by atoms with E-state index < -0.39 is 17.8 Å². The second kappa shape index (κ2) is 8.55. The number of barbiturate groups is 1. The second-order valence-electron chi connectivity index (χ2n) is 5.89. The number of amides is 4. The van der Waals surface area contributed by atoms with E-state index in [0.717, 1.165) is 4.90 Å². The zero-order chi connectivity index (χ0) is 21.1. The van der Waals surface area contributed by atoms with Gasteiger partial charge in [-0.25, -0.2) is 9.69 Å². The van der Waals surface area contributed by atoms with E-state index in [1.807, 2.05) is 0 Å². The highest BCUT2D eigenvalue weighted by molar-refractivity contribution is 6.40. The van der Waals surface area contributed by atoms with E-state index >= 15 is 0 Å². The summed E-state index contributed by atoms with van der Waals surface area (Å²) in [6, 6.07) is 8.29. The van der Waals surface area contributed by atoms with Gasteiger partial charge in [0.05, 0.1) is 24.4 Å². The molecule has 0 aromatic heterocycles. The first kappa shape index (κ1) is 20.7. The molecule has 0 aliphatic carbocycles. The fourth-order valence-corrected chi connectivity index (χ4v) is 3.06. The molecule has 1 saturated heterocycles. The second-order valence-corrected chi connectivity index (χ2v) is 6.74. The molecule has 9 heteroatoms. The highest BCUT2D eigenvalue weighted by atomic mass is 35.5. The largest absolute Gasteiger partial charge is 0.493 e. The van der Waals surface area contributed by atoms with Crippen LogP contribution >= 0.6 is 23.2 Å². The summed E-state index contributed by atoms with van der Waals surface area (Å²) >= 11 is 12.1. The molecule has 3 rings (SSSR count). The van der Waals surface area contributed by atoms with E-state index in [-0.39, 0.29) is 16.3 Å². The van der Waals surface area contributed by atoms with Crippen molar-refractivity contribution in [3.05, 3.63) is 57.6 Å². The number of imide groups is 2. The molecule has 1 N–H and O–H groups in total. The number of hydrogen-bond acceptors (Lipinski definition) is 5. The molecule has 1 aliphatic heterocycles. The van der Waals surface area contributed by atoms with Gasteiger partial charge in [0, 0.05) is 11.1 Å². The van der Waals surface area contributed by atoms with E-state index in [4.69, 9.17) is 32.7 Å². The van der Waals surface area contributed by atoms with Gasteiger partial charge in [0.25, 0.3) is 11.8 Å². The summed E-state index contributed by atoms with van der Waals surface area (Å²) in [4.78, 5) is 38.3. The van der Waals surface area contributed by atoms with E-state index in [1.54, 1.807) is 13.0 Å². The summed E-state index contributed by atoms with van der Waals surface area (Å²) in [5.74, 6) is -0.794. The summed E-state index contributed by atoms with van der Waals surface area (Å²) in [6.45, 7) is 2.19. The van der Waals surface area contributed by atoms with Gasteiger partial charge in [-0.05, 0) is 48.9 Å². The molecule has 4 amide bonds. The van der Waals surface area contributed by atoms with Crippen LogP contribution < -0.4 is 19.7 Å². The molecule has 2 aromatic carbocycles. The number of hydrogen-bond donors (Lipinski definition) is 1. The maximum atomic E-state index is 12.9. The molecule has 1 fully saturated rings. The van der Waals surface area contributed by atoms with Crippen LogP contribution in [0.4, 0.5) is 10.5 Å². The standard InChI is InChI=1S/C20H16Cl2N2O5/c1-3-29-17-9-11(15(22)10-16(17)28-2)8-14-18(25)23-20(27)24(19(14)26)13-6-4-12(21)5-7-13/h4-10H,3H2,1-2H3,(H,23,25,27)/b14-8+. The number of benzene rings is 2. The lowest BCUT2D eigenvalue weighted by Crippen LogP contribution is -2.54. The van der Waals surface area contributed by atoms with Crippen molar-refractivity contribution in [2.24, 2.45) is 0 Å². The summed E-state index contributed by atoms with van der Waals surface area (Å²) in [7, 11) is 1.47. The van der Waals surface area contributed by atoms with Crippen molar-refractivity contribution in [1.29, 1.82) is 0 Å². The zero-order valence-electron chi connectivity index (χ0n) is 15.5. The first-order valence-electron chi connectivity index (χ1n) is 8.53. The molecule has 0 saturated carbocycles. The maximum absolute atomic E-state index is 12.9. The molecule has 2 aromatic rings. The highest BCUT2D eigenvalue weighted by Crippen LogP contribution is 2.35. The number of carbonyl (C=O) groups is 3. The number of methoxy groups -OCH3 is 1. The Morgan fingerprint density at radius 1 is 1.07 bits per heavy atom. The van der Waals surface area contributed by atoms with Crippen LogP contribution in [0.5, 0.6) is 11.5 Å². The molecule has 29 heavy (non-hydrogen) atoms. The third-order valence-corrected chi connectivity index (χ3v) is 4.65. The molecule has 1 heterocycles.